The zero-order valence-electron chi connectivity index (χ0n) is 27.3. The van der Waals surface area contributed by atoms with Crippen LogP contribution in [0.1, 0.15) is 9.75 Å². The Bertz CT molecular complexity index is 3090. The van der Waals surface area contributed by atoms with Crippen LogP contribution in [0.2, 0.25) is 0 Å². The minimum absolute atomic E-state index is 0.102. The highest BCUT2D eigenvalue weighted by atomic mass is 32.1. The monoisotopic (exact) mass is 866 g/mol. The molecule has 0 radical (unpaired) electrons. The summed E-state index contributed by atoms with van der Waals surface area (Å²) < 4.78 is 92.1. The van der Waals surface area contributed by atoms with Crippen molar-refractivity contribution in [1.82, 2.24) is 9.13 Å². The molecule has 0 aromatic carbocycles. The fourth-order valence-corrected chi connectivity index (χ4v) is 15.5. The molecule has 9 aromatic heterocycles. The highest BCUT2D eigenvalue weighted by Gasteiger charge is 2.39. The van der Waals surface area contributed by atoms with Gasteiger partial charge in [0, 0.05) is 62.2 Å². The first kappa shape index (κ1) is 35.7. The predicted octanol–water partition coefficient (Wildman–Crippen LogP) is 13.8. The second kappa shape index (κ2) is 12.3. The summed E-state index contributed by atoms with van der Waals surface area (Å²) in [5.74, 6) is 0. The molecule has 9 heterocycles. The van der Waals surface area contributed by atoms with Crippen molar-refractivity contribution in [3.63, 3.8) is 0 Å². The zero-order chi connectivity index (χ0) is 38.9. The average molecular weight is 867 g/mol. The SMILES string of the molecule is Cn1c2cc(-c3cc4sc(/C(C#N)=C(\C#N)C(F)(F)F)cc4s3)sc2c2sc3c4sc(-c5cc6sc(/C(C#N)=C(\C#N)C(F)(F)F)cc6s5)cc4n(C)c3c21. The van der Waals surface area contributed by atoms with E-state index in [9.17, 15) is 36.9 Å². The molecule has 0 N–H and O–H groups in total. The molecule has 0 fully saturated rings. The summed E-state index contributed by atoms with van der Waals surface area (Å²) in [5, 5.41) is 37.2. The summed E-state index contributed by atoms with van der Waals surface area (Å²) >= 11 is 9.92. The number of hydrogen-bond donors (Lipinski definition) is 0. The third kappa shape index (κ3) is 5.30. The van der Waals surface area contributed by atoms with Crippen LogP contribution in [0.3, 0.4) is 0 Å². The van der Waals surface area contributed by atoms with Gasteiger partial charge in [-0.15, -0.1) is 79.4 Å². The van der Waals surface area contributed by atoms with Gasteiger partial charge in [-0.3, -0.25) is 0 Å². The smallest absolute Gasteiger partial charge is 0.340 e. The molecule has 55 heavy (non-hydrogen) atoms. The number of allylic oxidation sites excluding steroid dienone is 4. The molecule has 9 rings (SSSR count). The van der Waals surface area contributed by atoms with Crippen molar-refractivity contribution in [3.8, 4) is 43.8 Å². The van der Waals surface area contributed by atoms with Gasteiger partial charge < -0.3 is 9.13 Å². The Hall–Kier alpha value is -4.96. The van der Waals surface area contributed by atoms with Crippen LogP contribution in [0.15, 0.2) is 47.5 Å². The third-order valence-corrected chi connectivity index (χ3v) is 17.8. The Balaban J connectivity index is 1.08. The second-order valence-corrected chi connectivity index (χ2v) is 19.5. The largest absolute Gasteiger partial charge is 0.427 e. The number of rotatable bonds is 4. The Kier molecular flexibility index (Phi) is 7.97. The number of aryl methyl sites for hydroxylation is 2. The maximum absolute atomic E-state index is 13.4. The summed E-state index contributed by atoms with van der Waals surface area (Å²) in [6.07, 6.45) is -9.86. The first-order valence-electron chi connectivity index (χ1n) is 15.4. The minimum Gasteiger partial charge on any atom is -0.340 e. The molecule has 0 saturated heterocycles. The first-order valence-corrected chi connectivity index (χ1v) is 21.1. The molecule has 0 atom stereocenters. The Morgan fingerprint density at radius 3 is 1.16 bits per heavy atom. The van der Waals surface area contributed by atoms with Crippen molar-refractivity contribution in [3.05, 3.63) is 57.3 Å². The molecule has 9 aromatic rings. The van der Waals surface area contributed by atoms with Crippen LogP contribution >= 0.6 is 79.4 Å². The fraction of sp³-hybridized carbons (Fsp3) is 0.111. The Labute approximate surface area is 332 Å². The quantitative estimate of drug-likeness (QED) is 0.130. The summed E-state index contributed by atoms with van der Waals surface area (Å²) in [7, 11) is 4.05. The van der Waals surface area contributed by atoms with Crippen molar-refractivity contribution < 1.29 is 26.3 Å². The lowest BCUT2D eigenvalue weighted by Crippen LogP contribution is -2.12. The molecule has 0 amide bonds. The van der Waals surface area contributed by atoms with Crippen LogP contribution in [0.5, 0.6) is 0 Å². The molecule has 0 saturated carbocycles. The molecule has 0 aliphatic heterocycles. The molecule has 0 aliphatic rings. The minimum atomic E-state index is -4.93. The van der Waals surface area contributed by atoms with Crippen LogP contribution in [-0.4, -0.2) is 21.5 Å². The lowest BCUT2D eigenvalue weighted by molar-refractivity contribution is -0.0876. The predicted molar refractivity (Wildman–Crippen MR) is 214 cm³/mol. The van der Waals surface area contributed by atoms with E-state index in [0.717, 1.165) is 114 Å². The van der Waals surface area contributed by atoms with Crippen molar-refractivity contribution in [2.45, 2.75) is 12.4 Å². The molecular formula is C36H12F6N6S7. The van der Waals surface area contributed by atoms with Crippen molar-refractivity contribution >= 4 is 150 Å². The van der Waals surface area contributed by atoms with Gasteiger partial charge in [0.1, 0.15) is 24.3 Å². The summed E-state index contributed by atoms with van der Waals surface area (Å²) in [6, 6.07) is 16.5. The number of alkyl halides is 6. The van der Waals surface area contributed by atoms with E-state index in [1.165, 1.54) is 34.8 Å². The molecule has 0 unspecified atom stereocenters. The van der Waals surface area contributed by atoms with Crippen LogP contribution in [0, 0.1) is 45.3 Å². The van der Waals surface area contributed by atoms with Crippen molar-refractivity contribution in [2.24, 2.45) is 14.1 Å². The maximum Gasteiger partial charge on any atom is 0.427 e. The van der Waals surface area contributed by atoms with E-state index in [0.29, 0.717) is 0 Å². The fourth-order valence-electron chi connectivity index (χ4n) is 6.57. The van der Waals surface area contributed by atoms with E-state index in [1.54, 1.807) is 46.1 Å². The van der Waals surface area contributed by atoms with Crippen LogP contribution in [-0.2, 0) is 14.1 Å². The van der Waals surface area contributed by atoms with Gasteiger partial charge in [0.2, 0.25) is 0 Å². The molecular weight excluding hydrogens is 855 g/mol. The number of aromatic nitrogens is 2. The van der Waals surface area contributed by atoms with Gasteiger partial charge >= 0.3 is 12.4 Å². The average Bonchev–Trinajstić information content (AvgIpc) is 3.96. The lowest BCUT2D eigenvalue weighted by atomic mass is 10.1. The number of hydrogen-bond acceptors (Lipinski definition) is 11. The van der Waals surface area contributed by atoms with E-state index in [1.807, 2.05) is 26.2 Å². The number of thiophene rings is 7. The molecule has 19 heteroatoms. The highest BCUT2D eigenvalue weighted by Crippen LogP contribution is 2.53. The number of nitrogens with zero attached hydrogens (tertiary/aromatic N) is 6. The van der Waals surface area contributed by atoms with Crippen LogP contribution in [0.4, 0.5) is 26.3 Å². The van der Waals surface area contributed by atoms with E-state index in [-0.39, 0.29) is 9.75 Å². The number of fused-ring (bicyclic) bond motifs is 9. The topological polar surface area (TPSA) is 105 Å². The molecule has 0 spiro atoms. The molecule has 0 aliphatic carbocycles. The van der Waals surface area contributed by atoms with E-state index < -0.39 is 34.6 Å². The third-order valence-electron chi connectivity index (χ3n) is 9.00. The lowest BCUT2D eigenvalue weighted by Gasteiger charge is -2.05. The molecule has 270 valence electrons. The van der Waals surface area contributed by atoms with Crippen molar-refractivity contribution in [2.75, 3.05) is 0 Å². The maximum atomic E-state index is 13.4. The first-order chi connectivity index (χ1) is 26.1. The Morgan fingerprint density at radius 1 is 0.473 bits per heavy atom. The van der Waals surface area contributed by atoms with E-state index in [4.69, 9.17) is 10.5 Å². The normalized spacial score (nSPS) is 13.6. The molecule has 0 bridgehead atoms. The van der Waals surface area contributed by atoms with E-state index >= 15 is 0 Å². The standard InChI is InChI=1S/C36H12F6N6S7/c1-47-17-3-21(25-7-27-23(51-25)5-19(49-27)13(9-43)15(11-45)35(37,38)39)53-31(17)33-29(47)30-34(55-33)32-18(48(30)2)4-22(54-32)26-8-28-24(52-26)6-20(50-28)14(10-44)16(12-46)36(40,41)42/h3-8H,1-2H3/b15-13+,16-14+. The van der Waals surface area contributed by atoms with Crippen molar-refractivity contribution in [1.29, 1.82) is 21.0 Å². The number of halogens is 6. The van der Waals surface area contributed by atoms with E-state index in [2.05, 4.69) is 21.3 Å². The zero-order valence-corrected chi connectivity index (χ0v) is 33.0. The van der Waals surface area contributed by atoms with Crippen LogP contribution < -0.4 is 0 Å². The van der Waals surface area contributed by atoms with Gasteiger partial charge in [0.25, 0.3) is 0 Å². The number of nitriles is 4. The summed E-state index contributed by atoms with van der Waals surface area (Å²) in [5.41, 5.74) is -0.0632. The molecule has 6 nitrogen and oxygen atoms in total. The summed E-state index contributed by atoms with van der Waals surface area (Å²) in [4.78, 5) is 4.10. The van der Waals surface area contributed by atoms with Gasteiger partial charge in [-0.25, -0.2) is 0 Å². The Morgan fingerprint density at radius 2 is 0.836 bits per heavy atom. The van der Waals surface area contributed by atoms with Gasteiger partial charge in [-0.05, 0) is 36.4 Å². The van der Waals surface area contributed by atoms with Gasteiger partial charge in [-0.1, -0.05) is 0 Å². The van der Waals surface area contributed by atoms with Gasteiger partial charge in [-0.2, -0.15) is 47.4 Å². The van der Waals surface area contributed by atoms with Gasteiger partial charge in [0.15, 0.2) is 11.1 Å². The second-order valence-electron chi connectivity index (χ2n) is 12.1. The highest BCUT2D eigenvalue weighted by molar-refractivity contribution is 7.37. The summed E-state index contributed by atoms with van der Waals surface area (Å²) in [6.45, 7) is 0. The van der Waals surface area contributed by atoms with Crippen LogP contribution in [0.25, 0.3) is 90.3 Å². The van der Waals surface area contributed by atoms with Gasteiger partial charge in [0.05, 0.1) is 52.0 Å².